The summed E-state index contributed by atoms with van der Waals surface area (Å²) in [6, 6.07) is 12.5. The number of thiazole rings is 1. The van der Waals surface area contributed by atoms with Gasteiger partial charge in [0.1, 0.15) is 5.76 Å². The van der Waals surface area contributed by atoms with Gasteiger partial charge >= 0.3 is 5.97 Å². The summed E-state index contributed by atoms with van der Waals surface area (Å²) in [5.74, 6) is -1.99. The molecule has 0 saturated carbocycles. The number of benzene rings is 2. The van der Waals surface area contributed by atoms with Crippen molar-refractivity contribution in [3.05, 3.63) is 93.6 Å². The number of anilines is 1. The number of aromatic nitrogens is 1. The van der Waals surface area contributed by atoms with Gasteiger partial charge in [-0.3, -0.25) is 14.5 Å². The number of furan rings is 1. The Morgan fingerprint density at radius 3 is 2.44 bits per heavy atom. The van der Waals surface area contributed by atoms with Gasteiger partial charge in [0.05, 0.1) is 34.5 Å². The number of ketones is 1. The molecule has 1 aliphatic heterocycles. The zero-order valence-electron chi connectivity index (χ0n) is 20.0. The summed E-state index contributed by atoms with van der Waals surface area (Å²) >= 11 is 1.30. The number of fused-ring (bicyclic) bond motifs is 1. The molecule has 0 fully saturated rings. The van der Waals surface area contributed by atoms with Crippen LogP contribution in [0, 0.1) is 20.8 Å². The van der Waals surface area contributed by atoms with Gasteiger partial charge in [-0.25, -0.2) is 9.78 Å². The number of aliphatic hydroxyl groups excluding tert-OH is 1. The number of nitrogens with zero attached hydrogens (tertiary/aromatic N) is 2. The molecule has 36 heavy (non-hydrogen) atoms. The molecule has 0 radical (unpaired) electrons. The molecule has 0 saturated heterocycles. The minimum Gasteiger partial charge on any atom is -0.503 e. The summed E-state index contributed by atoms with van der Waals surface area (Å²) in [5, 5.41) is 11.3. The molecule has 182 valence electrons. The number of hydrogen-bond donors (Lipinski definition) is 1. The zero-order chi connectivity index (χ0) is 25.7. The summed E-state index contributed by atoms with van der Waals surface area (Å²) in [6.07, 6.45) is 0. The molecule has 8 nitrogen and oxygen atoms in total. The van der Waals surface area contributed by atoms with Crippen LogP contribution in [0.2, 0.25) is 0 Å². The van der Waals surface area contributed by atoms with Gasteiger partial charge in [-0.05, 0) is 67.8 Å². The number of methoxy groups -OCH3 is 1. The van der Waals surface area contributed by atoms with E-state index in [1.54, 1.807) is 37.3 Å². The fourth-order valence-electron chi connectivity index (χ4n) is 4.42. The normalized spacial score (nSPS) is 15.7. The van der Waals surface area contributed by atoms with Crippen molar-refractivity contribution in [2.24, 2.45) is 0 Å². The third-order valence-electron chi connectivity index (χ3n) is 6.09. The molecule has 0 spiro atoms. The standard InChI is InChI=1S/C27H22N2O6S/c1-13-11-14(2)21-19(12-13)36-27(28-21)29-22(16-6-8-17(9-7-16)26(33)34-4)20(24(31)25(29)32)23(30)18-10-5-15(3)35-18/h5-12,22,31H,1-4H3/t22-/m1/s1. The molecule has 1 N–H and O–H groups in total. The second-order valence-corrected chi connectivity index (χ2v) is 9.63. The maximum atomic E-state index is 13.5. The predicted octanol–water partition coefficient (Wildman–Crippen LogP) is 5.38. The van der Waals surface area contributed by atoms with Gasteiger partial charge in [-0.1, -0.05) is 29.5 Å². The van der Waals surface area contributed by atoms with Crippen LogP contribution < -0.4 is 4.90 Å². The van der Waals surface area contributed by atoms with Gasteiger partial charge in [0.25, 0.3) is 5.91 Å². The van der Waals surface area contributed by atoms with Crippen molar-refractivity contribution in [3.63, 3.8) is 0 Å². The van der Waals surface area contributed by atoms with E-state index in [4.69, 9.17) is 14.1 Å². The lowest BCUT2D eigenvalue weighted by Gasteiger charge is -2.24. The van der Waals surface area contributed by atoms with E-state index in [2.05, 4.69) is 0 Å². The molecular formula is C27H22N2O6S. The molecule has 9 heteroatoms. The first kappa shape index (κ1) is 23.5. The van der Waals surface area contributed by atoms with Gasteiger partial charge in [0, 0.05) is 0 Å². The third-order valence-corrected chi connectivity index (χ3v) is 7.09. The van der Waals surface area contributed by atoms with Crippen LogP contribution in [-0.2, 0) is 9.53 Å². The maximum Gasteiger partial charge on any atom is 0.337 e. The van der Waals surface area contributed by atoms with E-state index in [0.717, 1.165) is 21.3 Å². The Bertz CT molecular complexity index is 1580. The number of aliphatic hydroxyl groups is 1. The molecule has 5 rings (SSSR count). The number of aryl methyl sites for hydroxylation is 3. The van der Waals surface area contributed by atoms with E-state index < -0.39 is 29.5 Å². The number of amides is 1. The molecule has 0 aliphatic carbocycles. The molecule has 4 aromatic rings. The molecule has 1 atom stereocenters. The first-order valence-electron chi connectivity index (χ1n) is 11.1. The molecule has 1 amide bonds. The van der Waals surface area contributed by atoms with Crippen LogP contribution in [0.1, 0.15) is 49.4 Å². The number of carbonyl (C=O) groups excluding carboxylic acids is 3. The SMILES string of the molecule is COC(=O)c1ccc([C@@H]2C(C(=O)c3ccc(C)o3)=C(O)C(=O)N2c2nc3c(C)cc(C)cc3s2)cc1. The minimum atomic E-state index is -0.982. The van der Waals surface area contributed by atoms with Crippen LogP contribution in [0.15, 0.2) is 64.3 Å². The monoisotopic (exact) mass is 502 g/mol. The quantitative estimate of drug-likeness (QED) is 0.288. The molecule has 0 bridgehead atoms. The largest absolute Gasteiger partial charge is 0.503 e. The van der Waals surface area contributed by atoms with Crippen molar-refractivity contribution in [1.82, 2.24) is 4.98 Å². The third kappa shape index (κ3) is 3.77. The van der Waals surface area contributed by atoms with Gasteiger partial charge in [-0.2, -0.15) is 0 Å². The zero-order valence-corrected chi connectivity index (χ0v) is 20.8. The first-order valence-corrected chi connectivity index (χ1v) is 11.9. The molecule has 2 aromatic heterocycles. The lowest BCUT2D eigenvalue weighted by molar-refractivity contribution is -0.117. The van der Waals surface area contributed by atoms with Crippen LogP contribution in [0.3, 0.4) is 0 Å². The lowest BCUT2D eigenvalue weighted by Crippen LogP contribution is -2.31. The molecule has 2 aromatic carbocycles. The second-order valence-electron chi connectivity index (χ2n) is 8.62. The summed E-state index contributed by atoms with van der Waals surface area (Å²) in [4.78, 5) is 44.9. The van der Waals surface area contributed by atoms with Crippen molar-refractivity contribution >= 4 is 44.3 Å². The average molecular weight is 503 g/mol. The van der Waals surface area contributed by atoms with E-state index in [0.29, 0.717) is 22.0 Å². The highest BCUT2D eigenvalue weighted by Crippen LogP contribution is 2.44. The van der Waals surface area contributed by atoms with Crippen LogP contribution in [-0.4, -0.2) is 34.9 Å². The van der Waals surface area contributed by atoms with Crippen molar-refractivity contribution in [1.29, 1.82) is 0 Å². The van der Waals surface area contributed by atoms with E-state index in [9.17, 15) is 19.5 Å². The Balaban J connectivity index is 1.67. The van der Waals surface area contributed by atoms with E-state index in [1.165, 1.54) is 29.4 Å². The average Bonchev–Trinajstić information content (AvgIpc) is 3.55. The fourth-order valence-corrected chi connectivity index (χ4v) is 5.59. The highest BCUT2D eigenvalue weighted by Gasteiger charge is 2.46. The van der Waals surface area contributed by atoms with Gasteiger partial charge < -0.3 is 14.3 Å². The van der Waals surface area contributed by atoms with E-state index in [-0.39, 0.29) is 11.3 Å². The van der Waals surface area contributed by atoms with Crippen LogP contribution in [0.4, 0.5) is 5.13 Å². The lowest BCUT2D eigenvalue weighted by atomic mass is 9.94. The van der Waals surface area contributed by atoms with Crippen LogP contribution in [0.5, 0.6) is 0 Å². The minimum absolute atomic E-state index is 0.00986. The second kappa shape index (κ2) is 8.76. The predicted molar refractivity (Wildman–Crippen MR) is 135 cm³/mol. The smallest absolute Gasteiger partial charge is 0.337 e. The summed E-state index contributed by atoms with van der Waals surface area (Å²) in [5.41, 5.74) is 3.46. The summed E-state index contributed by atoms with van der Waals surface area (Å²) in [7, 11) is 1.29. The molecule has 1 aliphatic rings. The van der Waals surface area contributed by atoms with E-state index >= 15 is 0 Å². The van der Waals surface area contributed by atoms with E-state index in [1.807, 2.05) is 26.0 Å². The van der Waals surface area contributed by atoms with Crippen molar-refractivity contribution in [2.45, 2.75) is 26.8 Å². The van der Waals surface area contributed by atoms with Gasteiger partial charge in [0.2, 0.25) is 5.78 Å². The topological polar surface area (TPSA) is 110 Å². The fraction of sp³-hybridized carbons (Fsp3) is 0.185. The Morgan fingerprint density at radius 1 is 1.08 bits per heavy atom. The Hall–Kier alpha value is -4.24. The number of Topliss-reactive ketones (excluding diaryl/α,β-unsaturated/α-hetero) is 1. The highest BCUT2D eigenvalue weighted by atomic mass is 32.1. The van der Waals surface area contributed by atoms with Crippen molar-refractivity contribution < 1.29 is 28.6 Å². The van der Waals surface area contributed by atoms with Gasteiger partial charge in [0.15, 0.2) is 16.7 Å². The Labute approximate surface area is 210 Å². The Morgan fingerprint density at radius 2 is 1.81 bits per heavy atom. The number of ether oxygens (including phenoxy) is 1. The number of rotatable bonds is 5. The molecular weight excluding hydrogens is 480 g/mol. The summed E-state index contributed by atoms with van der Waals surface area (Å²) < 4.78 is 11.2. The number of hydrogen-bond acceptors (Lipinski definition) is 8. The number of esters is 1. The first-order chi connectivity index (χ1) is 17.2. The summed E-state index contributed by atoms with van der Waals surface area (Å²) in [6.45, 7) is 5.62. The van der Waals surface area contributed by atoms with Crippen LogP contribution >= 0.6 is 11.3 Å². The molecule has 0 unspecified atom stereocenters. The molecule has 3 heterocycles. The maximum absolute atomic E-state index is 13.5. The van der Waals surface area contributed by atoms with Crippen molar-refractivity contribution in [3.8, 4) is 0 Å². The van der Waals surface area contributed by atoms with Gasteiger partial charge in [-0.15, -0.1) is 0 Å². The number of carbonyl (C=O) groups is 3. The Kier molecular flexibility index (Phi) is 5.72. The van der Waals surface area contributed by atoms with Crippen molar-refractivity contribution in [2.75, 3.05) is 12.0 Å². The van der Waals surface area contributed by atoms with Crippen LogP contribution in [0.25, 0.3) is 10.2 Å². The highest BCUT2D eigenvalue weighted by molar-refractivity contribution is 7.22.